The average molecular weight is 226 g/mol. The Morgan fingerprint density at radius 2 is 2.21 bits per heavy atom. The van der Waals surface area contributed by atoms with Crippen LogP contribution in [0.3, 0.4) is 0 Å². The Bertz CT molecular complexity index is 383. The number of nitrogen functional groups attached to an aromatic ring is 1. The maximum atomic E-state index is 5.50. The zero-order valence-corrected chi connectivity index (χ0v) is 9.11. The van der Waals surface area contributed by atoms with Gasteiger partial charge in [-0.05, 0) is 11.4 Å². The van der Waals surface area contributed by atoms with E-state index >= 15 is 0 Å². The Kier molecular flexibility index (Phi) is 3.13. The lowest BCUT2D eigenvalue weighted by Gasteiger charge is -1.98. The number of anilines is 1. The molecule has 5 heteroatoms. The van der Waals surface area contributed by atoms with E-state index in [0.717, 1.165) is 4.88 Å². The van der Waals surface area contributed by atoms with Crippen LogP contribution >= 0.6 is 22.7 Å². The minimum absolute atomic E-state index is 0.590. The molecule has 0 aliphatic heterocycles. The smallest absolute Gasteiger partial charge is 0.180 e. The van der Waals surface area contributed by atoms with E-state index in [4.69, 9.17) is 10.5 Å². The Morgan fingerprint density at radius 1 is 1.36 bits per heavy atom. The molecule has 0 saturated heterocycles. The molecule has 2 aromatic rings. The number of aromatic nitrogens is 1. The molecule has 74 valence electrons. The minimum Gasteiger partial charge on any atom is -0.375 e. The van der Waals surface area contributed by atoms with Gasteiger partial charge in [0.05, 0.1) is 18.1 Å². The highest BCUT2D eigenvalue weighted by molar-refractivity contribution is 7.15. The first-order valence-corrected chi connectivity index (χ1v) is 5.84. The molecule has 0 bridgehead atoms. The molecule has 14 heavy (non-hydrogen) atoms. The third-order valence-corrected chi connectivity index (χ3v) is 3.29. The summed E-state index contributed by atoms with van der Waals surface area (Å²) in [6, 6.07) is 4.08. The van der Waals surface area contributed by atoms with Crippen LogP contribution in [0.1, 0.15) is 9.75 Å². The van der Waals surface area contributed by atoms with E-state index < -0.39 is 0 Å². The number of hydrogen-bond donors (Lipinski definition) is 1. The molecule has 2 aromatic heterocycles. The van der Waals surface area contributed by atoms with Gasteiger partial charge in [0, 0.05) is 11.1 Å². The van der Waals surface area contributed by atoms with E-state index in [0.29, 0.717) is 18.3 Å². The third-order valence-electron chi connectivity index (χ3n) is 1.64. The quantitative estimate of drug-likeness (QED) is 0.871. The summed E-state index contributed by atoms with van der Waals surface area (Å²) in [5, 5.41) is 2.64. The summed E-state index contributed by atoms with van der Waals surface area (Å²) in [5.41, 5.74) is 5.50. The Labute approximate surface area is 90.2 Å². The molecule has 3 nitrogen and oxygen atoms in total. The maximum Gasteiger partial charge on any atom is 0.180 e. The van der Waals surface area contributed by atoms with Crippen molar-refractivity contribution in [3.05, 3.63) is 33.5 Å². The number of thiazole rings is 1. The van der Waals surface area contributed by atoms with Crippen molar-refractivity contribution in [2.24, 2.45) is 0 Å². The molecular weight excluding hydrogens is 216 g/mol. The highest BCUT2D eigenvalue weighted by atomic mass is 32.1. The molecule has 0 radical (unpaired) electrons. The van der Waals surface area contributed by atoms with Gasteiger partial charge in [0.1, 0.15) is 0 Å². The zero-order valence-electron chi connectivity index (χ0n) is 7.47. The first kappa shape index (κ1) is 9.64. The molecule has 0 aliphatic carbocycles. The monoisotopic (exact) mass is 226 g/mol. The number of thiophene rings is 1. The molecule has 2 heterocycles. The summed E-state index contributed by atoms with van der Waals surface area (Å²) in [7, 11) is 0. The van der Waals surface area contributed by atoms with Crippen LogP contribution < -0.4 is 5.73 Å². The van der Waals surface area contributed by atoms with Crippen molar-refractivity contribution in [3.8, 4) is 0 Å². The third kappa shape index (κ3) is 2.54. The van der Waals surface area contributed by atoms with Crippen LogP contribution in [0.2, 0.25) is 0 Å². The molecule has 0 spiro atoms. The van der Waals surface area contributed by atoms with Crippen LogP contribution in [0.25, 0.3) is 0 Å². The minimum atomic E-state index is 0.590. The van der Waals surface area contributed by atoms with Crippen molar-refractivity contribution < 1.29 is 4.74 Å². The second kappa shape index (κ2) is 4.54. The highest BCUT2D eigenvalue weighted by Crippen LogP contribution is 2.16. The predicted octanol–water partition coefficient (Wildman–Crippen LogP) is 2.50. The second-order valence-corrected chi connectivity index (χ2v) is 4.92. The maximum absolute atomic E-state index is 5.50. The first-order valence-electron chi connectivity index (χ1n) is 4.15. The summed E-state index contributed by atoms with van der Waals surface area (Å²) < 4.78 is 5.50. The van der Waals surface area contributed by atoms with Crippen molar-refractivity contribution in [1.29, 1.82) is 0 Å². The molecule has 0 atom stereocenters. The predicted molar refractivity (Wildman–Crippen MR) is 59.3 cm³/mol. The van der Waals surface area contributed by atoms with Crippen molar-refractivity contribution in [3.63, 3.8) is 0 Å². The van der Waals surface area contributed by atoms with Gasteiger partial charge in [-0.15, -0.1) is 11.3 Å². The standard InChI is InChI=1S/C9H10N2OS2/c10-9-11-4-8(14-9)6-12-5-7-2-1-3-13-7/h1-4H,5-6H2,(H2,10,11). The van der Waals surface area contributed by atoms with Crippen LogP contribution in [0, 0.1) is 0 Å². The van der Waals surface area contributed by atoms with Gasteiger partial charge >= 0.3 is 0 Å². The van der Waals surface area contributed by atoms with Crippen molar-refractivity contribution >= 4 is 27.8 Å². The lowest BCUT2D eigenvalue weighted by atomic mass is 10.5. The van der Waals surface area contributed by atoms with Crippen LogP contribution in [-0.2, 0) is 18.0 Å². The SMILES string of the molecule is Nc1ncc(COCc2cccs2)s1. The molecule has 2 N–H and O–H groups in total. The van der Waals surface area contributed by atoms with Crippen LogP contribution in [-0.4, -0.2) is 4.98 Å². The van der Waals surface area contributed by atoms with E-state index in [1.807, 2.05) is 11.4 Å². The fraction of sp³-hybridized carbons (Fsp3) is 0.222. The van der Waals surface area contributed by atoms with Crippen LogP contribution in [0.5, 0.6) is 0 Å². The van der Waals surface area contributed by atoms with Crippen molar-refractivity contribution in [1.82, 2.24) is 4.98 Å². The first-order chi connectivity index (χ1) is 6.84. The fourth-order valence-corrected chi connectivity index (χ4v) is 2.30. The molecule has 0 aliphatic rings. The van der Waals surface area contributed by atoms with Crippen molar-refractivity contribution in [2.45, 2.75) is 13.2 Å². The van der Waals surface area contributed by atoms with Crippen molar-refractivity contribution in [2.75, 3.05) is 5.73 Å². The van der Waals surface area contributed by atoms with Gasteiger partial charge in [0.2, 0.25) is 0 Å². The molecule has 0 fully saturated rings. The Hall–Kier alpha value is -0.910. The van der Waals surface area contributed by atoms with Gasteiger partial charge in [-0.1, -0.05) is 17.4 Å². The van der Waals surface area contributed by atoms with Gasteiger partial charge in [0.15, 0.2) is 5.13 Å². The molecule has 0 amide bonds. The number of hydrogen-bond acceptors (Lipinski definition) is 5. The van der Waals surface area contributed by atoms with Crippen LogP contribution in [0.15, 0.2) is 23.7 Å². The molecule has 0 aromatic carbocycles. The second-order valence-electron chi connectivity index (χ2n) is 2.74. The average Bonchev–Trinajstić information content (AvgIpc) is 2.77. The van der Waals surface area contributed by atoms with E-state index in [1.54, 1.807) is 17.5 Å². The molecule has 2 rings (SSSR count). The van der Waals surface area contributed by atoms with E-state index in [2.05, 4.69) is 11.1 Å². The summed E-state index contributed by atoms with van der Waals surface area (Å²) in [6.45, 7) is 1.25. The zero-order chi connectivity index (χ0) is 9.80. The Balaban J connectivity index is 1.78. The van der Waals surface area contributed by atoms with Gasteiger partial charge in [-0.25, -0.2) is 4.98 Å². The highest BCUT2D eigenvalue weighted by Gasteiger charge is 1.99. The lowest BCUT2D eigenvalue weighted by molar-refractivity contribution is 0.111. The summed E-state index contributed by atoms with van der Waals surface area (Å²) in [5.74, 6) is 0. The van der Waals surface area contributed by atoms with E-state index in [-0.39, 0.29) is 0 Å². The topological polar surface area (TPSA) is 48.1 Å². The van der Waals surface area contributed by atoms with Gasteiger partial charge < -0.3 is 10.5 Å². The molecule has 0 saturated carbocycles. The largest absolute Gasteiger partial charge is 0.375 e. The Morgan fingerprint density at radius 3 is 2.86 bits per heavy atom. The lowest BCUT2D eigenvalue weighted by Crippen LogP contribution is -1.89. The van der Waals surface area contributed by atoms with Gasteiger partial charge in [-0.2, -0.15) is 0 Å². The van der Waals surface area contributed by atoms with Crippen LogP contribution in [0.4, 0.5) is 5.13 Å². The van der Waals surface area contributed by atoms with Gasteiger partial charge in [0.25, 0.3) is 0 Å². The number of ether oxygens (including phenoxy) is 1. The van der Waals surface area contributed by atoms with Gasteiger partial charge in [-0.3, -0.25) is 0 Å². The number of nitrogens with two attached hydrogens (primary N) is 1. The summed E-state index contributed by atoms with van der Waals surface area (Å²) in [6.07, 6.45) is 1.76. The fourth-order valence-electron chi connectivity index (χ4n) is 1.04. The number of rotatable bonds is 4. The molecular formula is C9H10N2OS2. The van der Waals surface area contributed by atoms with E-state index in [1.165, 1.54) is 16.2 Å². The summed E-state index contributed by atoms with van der Waals surface area (Å²) in [4.78, 5) is 6.26. The summed E-state index contributed by atoms with van der Waals surface area (Å²) >= 11 is 3.17. The number of nitrogens with zero attached hydrogens (tertiary/aromatic N) is 1. The molecule has 0 unspecified atom stereocenters. The van der Waals surface area contributed by atoms with E-state index in [9.17, 15) is 0 Å². The normalized spacial score (nSPS) is 10.6.